The number of aliphatic hydroxyl groups is 2. The first-order valence-corrected chi connectivity index (χ1v) is 9.10. The van der Waals surface area contributed by atoms with Crippen molar-refractivity contribution in [2.24, 2.45) is 0 Å². The molecule has 3 N–H and O–H groups in total. The number of ether oxygens (including phenoxy) is 2. The highest BCUT2D eigenvalue weighted by Gasteiger charge is 2.44. The van der Waals surface area contributed by atoms with E-state index in [1.54, 1.807) is 0 Å². The molecule has 168 valence electrons. The van der Waals surface area contributed by atoms with Crippen LogP contribution in [0.2, 0.25) is 0 Å². The number of piperidine rings is 1. The van der Waals surface area contributed by atoms with E-state index in [1.807, 2.05) is 0 Å². The van der Waals surface area contributed by atoms with Crippen LogP contribution in [0.25, 0.3) is 0 Å². The molecule has 9 nitrogen and oxygen atoms in total. The van der Waals surface area contributed by atoms with Crippen LogP contribution in [0.15, 0.2) is 18.2 Å². The number of hydrogen-bond acceptors (Lipinski definition) is 8. The number of carbonyl (C=O) groups excluding carboxylic acids is 2. The fourth-order valence-corrected chi connectivity index (χ4v) is 2.73. The van der Waals surface area contributed by atoms with Gasteiger partial charge in [0.15, 0.2) is 0 Å². The maximum Gasteiger partial charge on any atom is 0.493 e. The third-order valence-electron chi connectivity index (χ3n) is 4.27. The number of rotatable bonds is 7. The summed E-state index contributed by atoms with van der Waals surface area (Å²) < 4.78 is 48.6. The van der Waals surface area contributed by atoms with Gasteiger partial charge in [-0.1, -0.05) is 0 Å². The van der Waals surface area contributed by atoms with Crippen molar-refractivity contribution in [3.05, 3.63) is 23.8 Å². The minimum Gasteiger partial charge on any atom is -0.497 e. The second kappa shape index (κ2) is 10.5. The molecule has 1 fully saturated rings. The van der Waals surface area contributed by atoms with Crippen LogP contribution in [0, 0.1) is 0 Å². The topological polar surface area (TPSA) is 118 Å². The van der Waals surface area contributed by atoms with Gasteiger partial charge in [0.05, 0.1) is 19.8 Å². The normalized spacial score (nSPS) is 15.9. The number of methoxy groups -OCH3 is 1. The third kappa shape index (κ3) is 6.47. The van der Waals surface area contributed by atoms with E-state index in [1.165, 1.54) is 25.3 Å². The molecule has 0 aromatic heterocycles. The summed E-state index contributed by atoms with van der Waals surface area (Å²) in [7, 11) is 1.31. The molecular weight excluding hydrogens is 413 g/mol. The summed E-state index contributed by atoms with van der Waals surface area (Å²) in [5.74, 6) is -3.26. The van der Waals surface area contributed by atoms with Crippen molar-refractivity contribution in [3.8, 4) is 11.5 Å². The molecule has 0 spiro atoms. The molecule has 12 heteroatoms. The number of hydroxylamine groups is 2. The van der Waals surface area contributed by atoms with E-state index in [2.05, 4.69) is 10.2 Å². The summed E-state index contributed by atoms with van der Waals surface area (Å²) in [5, 5.41) is 21.7. The number of alkyl halides is 3. The van der Waals surface area contributed by atoms with E-state index >= 15 is 0 Å². The maximum absolute atomic E-state index is 13.0. The first-order valence-electron chi connectivity index (χ1n) is 9.10. The standard InChI is InChI=1S/C18H23F3N2O7/c1-28-14-6-11(7-15(8-14)29-10-13(25)9-24)16(26)23(12-2-4-22-5-3-12)30-17(27)18(19,20)21/h6-8,12-13,22,24-25H,2-5,9-10H2,1H3. The molecule has 1 aromatic rings. The second-order valence-corrected chi connectivity index (χ2v) is 6.53. The highest BCUT2D eigenvalue weighted by atomic mass is 19.4. The van der Waals surface area contributed by atoms with Crippen molar-refractivity contribution in [2.75, 3.05) is 33.4 Å². The molecule has 30 heavy (non-hydrogen) atoms. The minimum absolute atomic E-state index is 0.0672. The molecule has 1 heterocycles. The highest BCUT2D eigenvalue weighted by Crippen LogP contribution is 2.27. The third-order valence-corrected chi connectivity index (χ3v) is 4.27. The average Bonchev–Trinajstić information content (AvgIpc) is 2.74. The van der Waals surface area contributed by atoms with Crippen molar-refractivity contribution in [2.45, 2.75) is 31.2 Å². The minimum atomic E-state index is -5.27. The van der Waals surface area contributed by atoms with Crippen molar-refractivity contribution in [1.82, 2.24) is 10.4 Å². The highest BCUT2D eigenvalue weighted by molar-refractivity contribution is 5.95. The molecule has 1 amide bonds. The zero-order valence-electron chi connectivity index (χ0n) is 16.1. The number of nitrogens with one attached hydrogen (secondary N) is 1. The quantitative estimate of drug-likeness (QED) is 0.534. The molecular formula is C18H23F3N2O7. The van der Waals surface area contributed by atoms with Crippen LogP contribution in [0.4, 0.5) is 13.2 Å². The Bertz CT molecular complexity index is 739. The van der Waals surface area contributed by atoms with Gasteiger partial charge in [0.25, 0.3) is 5.91 Å². The molecule has 0 aliphatic carbocycles. The van der Waals surface area contributed by atoms with Gasteiger partial charge in [0.2, 0.25) is 0 Å². The molecule has 1 aliphatic rings. The molecule has 0 bridgehead atoms. The first kappa shape index (κ1) is 23.7. The van der Waals surface area contributed by atoms with Crippen LogP contribution in [0.5, 0.6) is 11.5 Å². The van der Waals surface area contributed by atoms with Crippen LogP contribution < -0.4 is 14.8 Å². The smallest absolute Gasteiger partial charge is 0.493 e. The van der Waals surface area contributed by atoms with E-state index in [-0.39, 0.29) is 36.5 Å². The van der Waals surface area contributed by atoms with E-state index in [9.17, 15) is 27.9 Å². The zero-order chi connectivity index (χ0) is 22.3. The van der Waals surface area contributed by atoms with Crippen LogP contribution >= 0.6 is 0 Å². The molecule has 1 atom stereocenters. The van der Waals surface area contributed by atoms with Gasteiger partial charge >= 0.3 is 12.1 Å². The summed E-state index contributed by atoms with van der Waals surface area (Å²) in [6.07, 6.45) is -5.87. The Morgan fingerprint density at radius 3 is 2.43 bits per heavy atom. The molecule has 1 aliphatic heterocycles. The molecule has 0 radical (unpaired) electrons. The van der Waals surface area contributed by atoms with Crippen molar-refractivity contribution in [1.29, 1.82) is 0 Å². The Hall–Kier alpha value is -2.57. The van der Waals surface area contributed by atoms with Gasteiger partial charge < -0.3 is 29.8 Å². The predicted octanol–water partition coefficient (Wildman–Crippen LogP) is 0.642. The molecule has 2 rings (SSSR count). The molecule has 1 saturated heterocycles. The van der Waals surface area contributed by atoms with Gasteiger partial charge in [-0.15, -0.1) is 0 Å². The van der Waals surface area contributed by atoms with Crippen molar-refractivity contribution in [3.63, 3.8) is 0 Å². The molecule has 0 saturated carbocycles. The Labute approximate surface area is 170 Å². The molecule has 1 unspecified atom stereocenters. The number of nitrogens with zero attached hydrogens (tertiary/aromatic N) is 1. The van der Waals surface area contributed by atoms with Gasteiger partial charge in [-0.2, -0.15) is 18.2 Å². The number of hydrogen-bond donors (Lipinski definition) is 3. The Balaban J connectivity index is 2.31. The number of halogens is 3. The number of benzene rings is 1. The van der Waals surface area contributed by atoms with Crippen LogP contribution in [0.3, 0.4) is 0 Å². The van der Waals surface area contributed by atoms with Gasteiger partial charge in [-0.05, 0) is 38.1 Å². The Morgan fingerprint density at radius 2 is 1.87 bits per heavy atom. The van der Waals surface area contributed by atoms with Crippen molar-refractivity contribution < 1.29 is 47.3 Å². The van der Waals surface area contributed by atoms with Gasteiger partial charge in [-0.3, -0.25) is 4.79 Å². The first-order chi connectivity index (χ1) is 14.2. The van der Waals surface area contributed by atoms with E-state index in [0.717, 1.165) is 0 Å². The Morgan fingerprint density at radius 1 is 1.23 bits per heavy atom. The Kier molecular flexibility index (Phi) is 8.26. The summed E-state index contributed by atoms with van der Waals surface area (Å²) >= 11 is 0. The fraction of sp³-hybridized carbons (Fsp3) is 0.556. The number of aliphatic hydroxyl groups excluding tert-OH is 2. The summed E-state index contributed by atoms with van der Waals surface area (Å²) in [5.41, 5.74) is -0.142. The average molecular weight is 436 g/mol. The van der Waals surface area contributed by atoms with Crippen molar-refractivity contribution >= 4 is 11.9 Å². The van der Waals surface area contributed by atoms with Crippen LogP contribution in [0.1, 0.15) is 23.2 Å². The summed E-state index contributed by atoms with van der Waals surface area (Å²) in [4.78, 5) is 28.8. The van der Waals surface area contributed by atoms with E-state index in [4.69, 9.17) is 14.6 Å². The van der Waals surface area contributed by atoms with E-state index < -0.39 is 36.8 Å². The predicted molar refractivity (Wildman–Crippen MR) is 95.8 cm³/mol. The summed E-state index contributed by atoms with van der Waals surface area (Å²) in [6.45, 7) is 0.0259. The monoisotopic (exact) mass is 436 g/mol. The van der Waals surface area contributed by atoms with Crippen LogP contribution in [-0.4, -0.2) is 78.9 Å². The molecule has 1 aromatic carbocycles. The lowest BCUT2D eigenvalue weighted by Crippen LogP contribution is -2.48. The lowest BCUT2D eigenvalue weighted by atomic mass is 10.1. The van der Waals surface area contributed by atoms with Crippen LogP contribution in [-0.2, 0) is 9.63 Å². The van der Waals surface area contributed by atoms with Gasteiger partial charge in [0.1, 0.15) is 24.2 Å². The number of carbonyl (C=O) groups is 2. The number of amides is 1. The SMILES string of the molecule is COc1cc(OCC(O)CO)cc(C(=O)N(OC(=O)C(F)(F)F)C2CCNCC2)c1. The maximum atomic E-state index is 13.0. The van der Waals surface area contributed by atoms with Gasteiger partial charge in [-0.25, -0.2) is 4.79 Å². The summed E-state index contributed by atoms with van der Waals surface area (Å²) in [6, 6.07) is 3.10. The second-order valence-electron chi connectivity index (χ2n) is 6.53. The van der Waals surface area contributed by atoms with E-state index in [0.29, 0.717) is 18.2 Å². The zero-order valence-corrected chi connectivity index (χ0v) is 16.1. The fourth-order valence-electron chi connectivity index (χ4n) is 2.73. The van der Waals surface area contributed by atoms with Gasteiger partial charge in [0, 0.05) is 11.6 Å². The largest absolute Gasteiger partial charge is 0.497 e. The lowest BCUT2D eigenvalue weighted by Gasteiger charge is -2.32. The lowest BCUT2D eigenvalue weighted by molar-refractivity contribution is -0.235.